The van der Waals surface area contributed by atoms with E-state index in [1.165, 1.54) is 6.42 Å². The third-order valence-electron chi connectivity index (χ3n) is 4.92. The van der Waals surface area contributed by atoms with E-state index in [9.17, 15) is 4.79 Å². The minimum absolute atomic E-state index is 0.118. The number of hydrogen-bond acceptors (Lipinski definition) is 5. The maximum atomic E-state index is 12.3. The quantitative estimate of drug-likeness (QED) is 0.852. The Hall–Kier alpha value is -2.76. The van der Waals surface area contributed by atoms with Gasteiger partial charge in [0.15, 0.2) is 11.5 Å². The van der Waals surface area contributed by atoms with Crippen molar-refractivity contribution in [2.45, 2.75) is 38.6 Å². The molecule has 1 amide bonds. The molecule has 2 N–H and O–H groups in total. The Morgan fingerprint density at radius 1 is 1.08 bits per heavy atom. The Morgan fingerprint density at radius 3 is 2.73 bits per heavy atom. The summed E-state index contributed by atoms with van der Waals surface area (Å²) in [7, 11) is 0. The summed E-state index contributed by atoms with van der Waals surface area (Å²) in [4.78, 5) is 16.7. The largest absolute Gasteiger partial charge is 0.454 e. The van der Waals surface area contributed by atoms with Crippen LogP contribution in [-0.2, 0) is 11.3 Å². The Kier molecular flexibility index (Phi) is 4.91. The van der Waals surface area contributed by atoms with E-state index in [1.807, 2.05) is 30.3 Å². The molecule has 1 saturated carbocycles. The normalized spacial score (nSPS) is 16.3. The van der Waals surface area contributed by atoms with Crippen molar-refractivity contribution in [3.8, 4) is 11.5 Å². The zero-order valence-corrected chi connectivity index (χ0v) is 14.7. The Balaban J connectivity index is 1.30. The van der Waals surface area contributed by atoms with Crippen LogP contribution in [0.4, 0.5) is 11.5 Å². The number of carbonyl (C=O) groups is 1. The number of nitrogens with one attached hydrogen (secondary N) is 2. The predicted molar refractivity (Wildman–Crippen MR) is 99.3 cm³/mol. The summed E-state index contributed by atoms with van der Waals surface area (Å²) in [5, 5.41) is 6.26. The maximum Gasteiger partial charge on any atom is 0.231 e. The van der Waals surface area contributed by atoms with Crippen molar-refractivity contribution in [2.24, 2.45) is 5.92 Å². The van der Waals surface area contributed by atoms with Gasteiger partial charge >= 0.3 is 0 Å². The first-order valence-corrected chi connectivity index (χ1v) is 9.17. The van der Waals surface area contributed by atoms with Gasteiger partial charge in [0, 0.05) is 12.5 Å². The average molecular weight is 353 g/mol. The lowest BCUT2D eigenvalue weighted by Gasteiger charge is -2.20. The summed E-state index contributed by atoms with van der Waals surface area (Å²) in [5.41, 5.74) is 1.83. The third-order valence-corrected chi connectivity index (χ3v) is 4.92. The fourth-order valence-electron chi connectivity index (χ4n) is 3.43. The number of hydrogen-bond donors (Lipinski definition) is 2. The fourth-order valence-corrected chi connectivity index (χ4v) is 3.43. The molecule has 0 bridgehead atoms. The lowest BCUT2D eigenvalue weighted by Crippen LogP contribution is -2.24. The van der Waals surface area contributed by atoms with Crippen molar-refractivity contribution in [2.75, 3.05) is 17.4 Å². The van der Waals surface area contributed by atoms with Crippen molar-refractivity contribution in [1.29, 1.82) is 0 Å². The molecule has 0 radical (unpaired) electrons. The van der Waals surface area contributed by atoms with Gasteiger partial charge in [-0.1, -0.05) is 25.3 Å². The molecule has 1 aromatic heterocycles. The lowest BCUT2D eigenvalue weighted by atomic mass is 9.88. The van der Waals surface area contributed by atoms with Gasteiger partial charge in [0.05, 0.1) is 11.9 Å². The third kappa shape index (κ3) is 3.90. The molecule has 2 aromatic rings. The number of nitrogens with zero attached hydrogens (tertiary/aromatic N) is 1. The Bertz CT molecular complexity index is 770. The van der Waals surface area contributed by atoms with E-state index in [0.717, 1.165) is 54.3 Å². The standard InChI is InChI=1S/C20H23N3O3/c24-20(15-4-2-1-3-5-15)23-16-7-9-19(22-12-16)21-11-14-6-8-17-18(10-14)26-13-25-17/h6-10,12,15H,1-5,11,13H2,(H,21,22)(H,23,24). The summed E-state index contributed by atoms with van der Waals surface area (Å²) < 4.78 is 10.7. The summed E-state index contributed by atoms with van der Waals surface area (Å²) in [5.74, 6) is 2.58. The van der Waals surface area contributed by atoms with Gasteiger partial charge in [0.25, 0.3) is 0 Å². The molecule has 136 valence electrons. The lowest BCUT2D eigenvalue weighted by molar-refractivity contribution is -0.120. The number of ether oxygens (including phenoxy) is 2. The molecule has 2 aliphatic rings. The van der Waals surface area contributed by atoms with Gasteiger partial charge in [-0.05, 0) is 42.7 Å². The number of amides is 1. The number of pyridine rings is 1. The predicted octanol–water partition coefficient (Wildman–Crippen LogP) is 3.94. The molecular formula is C20H23N3O3. The number of benzene rings is 1. The first-order chi connectivity index (χ1) is 12.8. The molecular weight excluding hydrogens is 330 g/mol. The maximum absolute atomic E-state index is 12.3. The number of aromatic nitrogens is 1. The second-order valence-electron chi connectivity index (χ2n) is 6.80. The molecule has 26 heavy (non-hydrogen) atoms. The van der Waals surface area contributed by atoms with E-state index in [0.29, 0.717) is 6.54 Å². The smallest absolute Gasteiger partial charge is 0.231 e. The SMILES string of the molecule is O=C(Nc1ccc(NCc2ccc3c(c2)OCO3)nc1)C1CCCCC1. The van der Waals surface area contributed by atoms with Crippen molar-refractivity contribution in [3.63, 3.8) is 0 Å². The summed E-state index contributed by atoms with van der Waals surface area (Å²) in [6, 6.07) is 9.64. The van der Waals surface area contributed by atoms with Gasteiger partial charge in [0.1, 0.15) is 5.82 Å². The van der Waals surface area contributed by atoms with Crippen LogP contribution < -0.4 is 20.1 Å². The van der Waals surface area contributed by atoms with Crippen LogP contribution in [0.2, 0.25) is 0 Å². The van der Waals surface area contributed by atoms with E-state index in [1.54, 1.807) is 6.20 Å². The molecule has 1 aliphatic carbocycles. The zero-order chi connectivity index (χ0) is 17.8. The molecule has 1 aliphatic heterocycles. The van der Waals surface area contributed by atoms with E-state index in [4.69, 9.17) is 9.47 Å². The minimum Gasteiger partial charge on any atom is -0.454 e. The molecule has 6 nitrogen and oxygen atoms in total. The second kappa shape index (κ2) is 7.64. The second-order valence-corrected chi connectivity index (χ2v) is 6.80. The van der Waals surface area contributed by atoms with Crippen LogP contribution in [0, 0.1) is 5.92 Å². The van der Waals surface area contributed by atoms with Crippen LogP contribution in [0.15, 0.2) is 36.5 Å². The zero-order valence-electron chi connectivity index (χ0n) is 14.7. The van der Waals surface area contributed by atoms with Crippen LogP contribution in [-0.4, -0.2) is 17.7 Å². The Morgan fingerprint density at radius 2 is 1.92 bits per heavy atom. The van der Waals surface area contributed by atoms with Gasteiger partial charge in [-0.15, -0.1) is 0 Å². The summed E-state index contributed by atoms with van der Waals surface area (Å²) in [6.45, 7) is 0.916. The van der Waals surface area contributed by atoms with Crippen LogP contribution in [0.25, 0.3) is 0 Å². The van der Waals surface area contributed by atoms with Gasteiger partial charge < -0.3 is 20.1 Å². The molecule has 0 saturated heterocycles. The molecule has 0 atom stereocenters. The fraction of sp³-hybridized carbons (Fsp3) is 0.400. The highest BCUT2D eigenvalue weighted by Crippen LogP contribution is 2.32. The monoisotopic (exact) mass is 353 g/mol. The molecule has 0 spiro atoms. The Labute approximate surface area is 152 Å². The summed E-state index contributed by atoms with van der Waals surface area (Å²) in [6.07, 6.45) is 7.23. The molecule has 6 heteroatoms. The minimum atomic E-state index is 0.118. The van der Waals surface area contributed by atoms with Gasteiger partial charge in [0.2, 0.25) is 12.7 Å². The molecule has 1 aromatic carbocycles. The van der Waals surface area contributed by atoms with E-state index in [-0.39, 0.29) is 18.6 Å². The van der Waals surface area contributed by atoms with Crippen LogP contribution in [0.5, 0.6) is 11.5 Å². The van der Waals surface area contributed by atoms with Crippen LogP contribution >= 0.6 is 0 Å². The highest BCUT2D eigenvalue weighted by Gasteiger charge is 2.21. The van der Waals surface area contributed by atoms with Crippen LogP contribution in [0.1, 0.15) is 37.7 Å². The molecule has 0 unspecified atom stereocenters. The van der Waals surface area contributed by atoms with Gasteiger partial charge in [-0.25, -0.2) is 4.98 Å². The van der Waals surface area contributed by atoms with E-state index < -0.39 is 0 Å². The molecule has 2 heterocycles. The van der Waals surface area contributed by atoms with Crippen molar-refractivity contribution >= 4 is 17.4 Å². The average Bonchev–Trinajstić information content (AvgIpc) is 3.16. The highest BCUT2D eigenvalue weighted by atomic mass is 16.7. The number of anilines is 2. The van der Waals surface area contributed by atoms with Crippen LogP contribution in [0.3, 0.4) is 0 Å². The number of fused-ring (bicyclic) bond motifs is 1. The van der Waals surface area contributed by atoms with E-state index >= 15 is 0 Å². The first-order valence-electron chi connectivity index (χ1n) is 9.17. The first kappa shape index (κ1) is 16.7. The topological polar surface area (TPSA) is 72.5 Å². The van der Waals surface area contributed by atoms with Gasteiger partial charge in [-0.2, -0.15) is 0 Å². The molecule has 1 fully saturated rings. The number of carbonyl (C=O) groups excluding carboxylic acids is 1. The van der Waals surface area contributed by atoms with Crippen molar-refractivity contribution in [3.05, 3.63) is 42.1 Å². The van der Waals surface area contributed by atoms with Crippen molar-refractivity contribution < 1.29 is 14.3 Å². The van der Waals surface area contributed by atoms with E-state index in [2.05, 4.69) is 15.6 Å². The highest BCUT2D eigenvalue weighted by molar-refractivity contribution is 5.92. The molecule has 4 rings (SSSR count). The van der Waals surface area contributed by atoms with Gasteiger partial charge in [-0.3, -0.25) is 4.79 Å². The number of rotatable bonds is 5. The summed E-state index contributed by atoms with van der Waals surface area (Å²) >= 11 is 0. The van der Waals surface area contributed by atoms with Crippen molar-refractivity contribution in [1.82, 2.24) is 4.98 Å².